The summed E-state index contributed by atoms with van der Waals surface area (Å²) in [5.74, 6) is 0.453. The van der Waals surface area contributed by atoms with Crippen LogP contribution in [0.1, 0.15) is 35.2 Å². The number of carbonyl (C=O) groups is 1. The van der Waals surface area contributed by atoms with Crippen molar-refractivity contribution in [1.29, 1.82) is 0 Å². The molecule has 154 valence electrons. The average molecular weight is 419 g/mol. The number of nitrogens with one attached hydrogen (secondary N) is 2. The second-order valence-electron chi connectivity index (χ2n) is 7.57. The molecule has 0 aromatic carbocycles. The number of aromatic nitrogens is 3. The number of carbonyl (C=O) groups excluding carboxylic acids is 1. The SMILES string of the molecule is O=C(Nc1nc2c(c3c1CCC3)CCC2)NS(=O)(=O)c1cnn2c1OCC(O)C2. The largest absolute Gasteiger partial charge is 0.474 e. The number of sulfonamides is 1. The minimum Gasteiger partial charge on any atom is -0.474 e. The molecule has 0 fully saturated rings. The molecule has 3 aliphatic rings. The quantitative estimate of drug-likeness (QED) is 0.660. The number of aliphatic hydroxyl groups is 1. The van der Waals surface area contributed by atoms with Gasteiger partial charge in [-0.3, -0.25) is 5.32 Å². The molecule has 2 aromatic rings. The molecular formula is C18H21N5O5S. The Kier molecular flexibility index (Phi) is 4.24. The van der Waals surface area contributed by atoms with Gasteiger partial charge in [-0.05, 0) is 55.2 Å². The van der Waals surface area contributed by atoms with Crippen LogP contribution in [-0.4, -0.2) is 47.0 Å². The Morgan fingerprint density at radius 3 is 2.79 bits per heavy atom. The average Bonchev–Trinajstić information content (AvgIpc) is 3.39. The van der Waals surface area contributed by atoms with Crippen LogP contribution in [0.5, 0.6) is 5.88 Å². The van der Waals surface area contributed by atoms with Crippen molar-refractivity contribution in [2.75, 3.05) is 11.9 Å². The first-order valence-corrected chi connectivity index (χ1v) is 11.1. The van der Waals surface area contributed by atoms with Crippen molar-refractivity contribution < 1.29 is 23.1 Å². The summed E-state index contributed by atoms with van der Waals surface area (Å²) >= 11 is 0. The summed E-state index contributed by atoms with van der Waals surface area (Å²) < 4.78 is 33.9. The molecule has 5 rings (SSSR count). The van der Waals surface area contributed by atoms with Gasteiger partial charge >= 0.3 is 6.03 Å². The topological polar surface area (TPSA) is 135 Å². The number of hydrogen-bond donors (Lipinski definition) is 3. The number of urea groups is 1. The molecule has 3 N–H and O–H groups in total. The first-order valence-electron chi connectivity index (χ1n) is 9.66. The minimum absolute atomic E-state index is 0.00662. The number of pyridine rings is 1. The van der Waals surface area contributed by atoms with Crippen LogP contribution in [0.25, 0.3) is 0 Å². The number of nitrogens with zero attached hydrogens (tertiary/aromatic N) is 3. The molecule has 1 atom stereocenters. The van der Waals surface area contributed by atoms with Gasteiger partial charge in [-0.25, -0.2) is 27.6 Å². The maximum atomic E-state index is 12.7. The molecule has 3 heterocycles. The third-order valence-corrected chi connectivity index (χ3v) is 6.92. The zero-order valence-electron chi connectivity index (χ0n) is 15.6. The number of aliphatic hydroxyl groups excluding tert-OH is 1. The van der Waals surface area contributed by atoms with Gasteiger partial charge in [0, 0.05) is 5.69 Å². The molecule has 0 saturated heterocycles. The van der Waals surface area contributed by atoms with Gasteiger partial charge in [0.15, 0.2) is 4.90 Å². The third-order valence-electron chi connectivity index (χ3n) is 5.61. The van der Waals surface area contributed by atoms with Gasteiger partial charge in [-0.1, -0.05) is 0 Å². The van der Waals surface area contributed by atoms with Gasteiger partial charge in [-0.2, -0.15) is 5.10 Å². The summed E-state index contributed by atoms with van der Waals surface area (Å²) in [6, 6.07) is -0.875. The summed E-state index contributed by atoms with van der Waals surface area (Å²) in [5.41, 5.74) is 4.59. The number of hydrogen-bond acceptors (Lipinski definition) is 7. The highest BCUT2D eigenvalue weighted by atomic mass is 32.2. The molecule has 1 aliphatic heterocycles. The summed E-state index contributed by atoms with van der Waals surface area (Å²) in [7, 11) is -4.20. The van der Waals surface area contributed by atoms with E-state index >= 15 is 0 Å². The Morgan fingerprint density at radius 1 is 1.17 bits per heavy atom. The third kappa shape index (κ3) is 3.14. The van der Waals surface area contributed by atoms with Gasteiger partial charge in [0.05, 0.1) is 12.7 Å². The Balaban J connectivity index is 1.37. The summed E-state index contributed by atoms with van der Waals surface area (Å²) in [6.45, 7) is 0.0911. The standard InChI is InChI=1S/C18H21N5O5S/c24-10-8-23-17(28-9-10)15(7-19-23)29(26,27)22-18(25)21-16-13-5-1-3-11(13)12-4-2-6-14(12)20-16/h7,10,24H,1-6,8-9H2,(H2,20,21,22,25). The molecular weight excluding hydrogens is 398 g/mol. The summed E-state index contributed by atoms with van der Waals surface area (Å²) in [5, 5.41) is 16.1. The number of rotatable bonds is 3. The smallest absolute Gasteiger partial charge is 0.334 e. The fraction of sp³-hybridized carbons (Fsp3) is 0.500. The van der Waals surface area contributed by atoms with Crippen LogP contribution >= 0.6 is 0 Å². The highest BCUT2D eigenvalue weighted by molar-refractivity contribution is 7.90. The number of aryl methyl sites for hydroxylation is 1. The molecule has 2 aromatic heterocycles. The van der Waals surface area contributed by atoms with Crippen molar-refractivity contribution in [1.82, 2.24) is 19.5 Å². The second-order valence-corrected chi connectivity index (χ2v) is 9.22. The Morgan fingerprint density at radius 2 is 1.93 bits per heavy atom. The van der Waals surface area contributed by atoms with Gasteiger partial charge < -0.3 is 9.84 Å². The fourth-order valence-electron chi connectivity index (χ4n) is 4.37. The Bertz CT molecular complexity index is 1110. The molecule has 29 heavy (non-hydrogen) atoms. The fourth-order valence-corrected chi connectivity index (χ4v) is 5.36. The number of fused-ring (bicyclic) bond motifs is 4. The van der Waals surface area contributed by atoms with Crippen LogP contribution in [0, 0.1) is 0 Å². The van der Waals surface area contributed by atoms with Gasteiger partial charge in [0.1, 0.15) is 18.5 Å². The number of anilines is 1. The number of ether oxygens (including phenoxy) is 1. The minimum atomic E-state index is -4.20. The number of amides is 2. The van der Waals surface area contributed by atoms with Gasteiger partial charge in [-0.15, -0.1) is 0 Å². The monoisotopic (exact) mass is 419 g/mol. The zero-order chi connectivity index (χ0) is 20.2. The van der Waals surface area contributed by atoms with Gasteiger partial charge in [0.25, 0.3) is 10.0 Å². The first-order chi connectivity index (χ1) is 13.9. The molecule has 0 saturated carbocycles. The normalized spacial score (nSPS) is 19.8. The van der Waals surface area contributed by atoms with E-state index < -0.39 is 22.2 Å². The molecule has 0 radical (unpaired) electrons. The predicted molar refractivity (Wildman–Crippen MR) is 101 cm³/mol. The summed E-state index contributed by atoms with van der Waals surface area (Å²) in [6.07, 6.45) is 6.10. The van der Waals surface area contributed by atoms with E-state index in [1.165, 1.54) is 15.8 Å². The van der Waals surface area contributed by atoms with E-state index in [4.69, 9.17) is 4.74 Å². The van der Waals surface area contributed by atoms with Crippen LogP contribution < -0.4 is 14.8 Å². The highest BCUT2D eigenvalue weighted by Gasteiger charge is 2.31. The van der Waals surface area contributed by atoms with Crippen LogP contribution in [-0.2, 0) is 42.3 Å². The van der Waals surface area contributed by atoms with Crippen molar-refractivity contribution in [3.63, 3.8) is 0 Å². The molecule has 10 nitrogen and oxygen atoms in total. The molecule has 0 bridgehead atoms. The lowest BCUT2D eigenvalue weighted by molar-refractivity contribution is 0.0537. The van der Waals surface area contributed by atoms with Crippen LogP contribution in [0.2, 0.25) is 0 Å². The van der Waals surface area contributed by atoms with Crippen LogP contribution in [0.15, 0.2) is 11.1 Å². The van der Waals surface area contributed by atoms with E-state index in [2.05, 4.69) is 15.4 Å². The van der Waals surface area contributed by atoms with E-state index in [1.807, 2.05) is 4.72 Å². The molecule has 0 spiro atoms. The van der Waals surface area contributed by atoms with Crippen molar-refractivity contribution >= 4 is 21.9 Å². The highest BCUT2D eigenvalue weighted by Crippen LogP contribution is 2.36. The Labute approximate surface area is 167 Å². The first kappa shape index (κ1) is 18.4. The predicted octanol–water partition coefficient (Wildman–Crippen LogP) is 0.519. The van der Waals surface area contributed by atoms with Crippen molar-refractivity contribution in [3.05, 3.63) is 28.6 Å². The van der Waals surface area contributed by atoms with E-state index in [0.29, 0.717) is 5.82 Å². The molecule has 11 heteroatoms. The van der Waals surface area contributed by atoms with Crippen molar-refractivity contribution in [2.45, 2.75) is 56.1 Å². The molecule has 2 aliphatic carbocycles. The van der Waals surface area contributed by atoms with E-state index in [0.717, 1.165) is 56.0 Å². The lowest BCUT2D eigenvalue weighted by Gasteiger charge is -2.20. The van der Waals surface area contributed by atoms with E-state index in [-0.39, 0.29) is 23.9 Å². The van der Waals surface area contributed by atoms with Crippen LogP contribution in [0.3, 0.4) is 0 Å². The van der Waals surface area contributed by atoms with Crippen molar-refractivity contribution in [3.8, 4) is 5.88 Å². The van der Waals surface area contributed by atoms with Crippen LogP contribution in [0.4, 0.5) is 10.6 Å². The van der Waals surface area contributed by atoms with E-state index in [9.17, 15) is 18.3 Å². The lowest BCUT2D eigenvalue weighted by Crippen LogP contribution is -2.36. The zero-order valence-corrected chi connectivity index (χ0v) is 16.5. The van der Waals surface area contributed by atoms with Crippen molar-refractivity contribution in [2.24, 2.45) is 0 Å². The Hall–Kier alpha value is -2.66. The maximum absolute atomic E-state index is 12.7. The van der Waals surface area contributed by atoms with Gasteiger partial charge in [0.2, 0.25) is 5.88 Å². The second kappa shape index (κ2) is 6.70. The molecule has 1 unspecified atom stereocenters. The maximum Gasteiger partial charge on any atom is 0.334 e. The summed E-state index contributed by atoms with van der Waals surface area (Å²) in [4.78, 5) is 16.9. The van der Waals surface area contributed by atoms with E-state index in [1.54, 1.807) is 0 Å². The molecule has 2 amide bonds. The lowest BCUT2D eigenvalue weighted by atomic mass is 10.0.